The second-order valence-electron chi connectivity index (χ2n) is 6.92. The molecule has 3 aromatic rings. The molecule has 0 spiro atoms. The van der Waals surface area contributed by atoms with Crippen molar-refractivity contribution >= 4 is 0 Å². The summed E-state index contributed by atoms with van der Waals surface area (Å²) < 4.78 is 11.0. The maximum atomic E-state index is 10.4. The lowest BCUT2D eigenvalue weighted by atomic mass is 9.72. The molecule has 0 bridgehead atoms. The average molecular weight is 361 g/mol. The van der Waals surface area contributed by atoms with Gasteiger partial charge in [-0.25, -0.2) is 0 Å². The third-order valence-electron chi connectivity index (χ3n) is 5.28. The zero-order chi connectivity index (χ0) is 18.7. The molecule has 0 saturated heterocycles. The van der Waals surface area contributed by atoms with Crippen LogP contribution < -0.4 is 15.2 Å². The van der Waals surface area contributed by atoms with Crippen molar-refractivity contribution in [3.05, 3.63) is 95.6 Å². The van der Waals surface area contributed by atoms with Crippen molar-refractivity contribution in [3.8, 4) is 11.5 Å². The minimum absolute atomic E-state index is 0.137. The zero-order valence-electron chi connectivity index (χ0n) is 15.0. The Kier molecular flexibility index (Phi) is 4.84. The summed E-state index contributed by atoms with van der Waals surface area (Å²) in [6.45, 7) is 0.0670. The Labute approximate surface area is 159 Å². The predicted octanol–water partition coefficient (Wildman–Crippen LogP) is 3.59. The lowest BCUT2D eigenvalue weighted by Gasteiger charge is -2.37. The Hall–Kier alpha value is -2.82. The highest BCUT2D eigenvalue weighted by Gasteiger charge is 2.38. The first-order valence-corrected chi connectivity index (χ1v) is 9.09. The molecule has 4 nitrogen and oxygen atoms in total. The number of rotatable bonds is 6. The quantitative estimate of drug-likeness (QED) is 0.704. The van der Waals surface area contributed by atoms with E-state index in [1.807, 2.05) is 66.7 Å². The minimum atomic E-state index is -0.926. The highest BCUT2D eigenvalue weighted by atomic mass is 16.7. The Morgan fingerprint density at radius 3 is 2.26 bits per heavy atom. The Morgan fingerprint density at radius 2 is 1.56 bits per heavy atom. The molecule has 138 valence electrons. The Bertz CT molecular complexity index is 898. The molecule has 2 atom stereocenters. The molecule has 4 rings (SSSR count). The van der Waals surface area contributed by atoms with E-state index in [9.17, 15) is 5.11 Å². The van der Waals surface area contributed by atoms with Crippen LogP contribution in [0.4, 0.5) is 0 Å². The second-order valence-corrected chi connectivity index (χ2v) is 6.92. The molecular formula is C23H23NO3. The van der Waals surface area contributed by atoms with Gasteiger partial charge in [0.05, 0.1) is 12.1 Å². The maximum absolute atomic E-state index is 10.4. The van der Waals surface area contributed by atoms with Crippen molar-refractivity contribution < 1.29 is 14.6 Å². The molecule has 0 aliphatic carbocycles. The van der Waals surface area contributed by atoms with Crippen LogP contribution in [0.15, 0.2) is 78.9 Å². The first-order chi connectivity index (χ1) is 13.2. The SMILES string of the molecule is NC(CO)(c1ccccc1)C(Cc1ccccc1)c1ccc2c(c1)OCO2. The number of hydrogen-bond acceptors (Lipinski definition) is 4. The fraction of sp³-hybridized carbons (Fsp3) is 0.217. The number of hydrogen-bond donors (Lipinski definition) is 2. The van der Waals surface area contributed by atoms with Crippen molar-refractivity contribution in [2.75, 3.05) is 13.4 Å². The minimum Gasteiger partial charge on any atom is -0.454 e. The average Bonchev–Trinajstić information content (AvgIpc) is 3.21. The van der Waals surface area contributed by atoms with Gasteiger partial charge in [0.1, 0.15) is 0 Å². The van der Waals surface area contributed by atoms with Gasteiger partial charge in [0, 0.05) is 5.92 Å². The molecule has 27 heavy (non-hydrogen) atoms. The van der Waals surface area contributed by atoms with E-state index >= 15 is 0 Å². The number of aliphatic hydroxyl groups is 1. The fourth-order valence-corrected chi connectivity index (χ4v) is 3.73. The standard InChI is InChI=1S/C23H23NO3/c24-23(15-25,19-9-5-2-6-10-19)20(13-17-7-3-1-4-8-17)18-11-12-21-22(14-18)27-16-26-21/h1-12,14,20,25H,13,15-16,24H2. The third-order valence-corrected chi connectivity index (χ3v) is 5.28. The van der Waals surface area contributed by atoms with Crippen LogP contribution >= 0.6 is 0 Å². The van der Waals surface area contributed by atoms with Crippen molar-refractivity contribution in [1.82, 2.24) is 0 Å². The highest BCUT2D eigenvalue weighted by Crippen LogP contribution is 2.41. The van der Waals surface area contributed by atoms with E-state index in [0.29, 0.717) is 6.42 Å². The molecule has 1 aliphatic rings. The monoisotopic (exact) mass is 361 g/mol. The van der Waals surface area contributed by atoms with Gasteiger partial charge in [-0.15, -0.1) is 0 Å². The van der Waals surface area contributed by atoms with Gasteiger partial charge in [-0.2, -0.15) is 0 Å². The van der Waals surface area contributed by atoms with E-state index in [2.05, 4.69) is 12.1 Å². The number of benzene rings is 3. The molecule has 0 amide bonds. The summed E-state index contributed by atoms with van der Waals surface area (Å²) >= 11 is 0. The largest absolute Gasteiger partial charge is 0.454 e. The summed E-state index contributed by atoms with van der Waals surface area (Å²) in [6.07, 6.45) is 0.701. The molecule has 0 aromatic heterocycles. The van der Waals surface area contributed by atoms with Gasteiger partial charge >= 0.3 is 0 Å². The molecule has 3 N–H and O–H groups in total. The normalized spacial score (nSPS) is 15.9. The molecule has 0 fully saturated rings. The van der Waals surface area contributed by atoms with Crippen molar-refractivity contribution in [1.29, 1.82) is 0 Å². The van der Waals surface area contributed by atoms with Crippen LogP contribution in [0.2, 0.25) is 0 Å². The number of fused-ring (bicyclic) bond motifs is 1. The van der Waals surface area contributed by atoms with E-state index in [1.54, 1.807) is 0 Å². The van der Waals surface area contributed by atoms with Crippen molar-refractivity contribution in [2.24, 2.45) is 5.73 Å². The van der Waals surface area contributed by atoms with Gasteiger partial charge in [-0.3, -0.25) is 0 Å². The number of aliphatic hydroxyl groups excluding tert-OH is 1. The summed E-state index contributed by atoms with van der Waals surface area (Å²) in [5, 5.41) is 10.4. The van der Waals surface area contributed by atoms with Gasteiger partial charge < -0.3 is 20.3 Å². The molecule has 2 unspecified atom stereocenters. The first kappa shape index (κ1) is 17.6. The Balaban J connectivity index is 1.80. The van der Waals surface area contributed by atoms with E-state index in [-0.39, 0.29) is 19.3 Å². The van der Waals surface area contributed by atoms with Gasteiger partial charge in [0.2, 0.25) is 6.79 Å². The van der Waals surface area contributed by atoms with Crippen LogP contribution in [0, 0.1) is 0 Å². The first-order valence-electron chi connectivity index (χ1n) is 9.09. The molecule has 1 heterocycles. The molecule has 4 heteroatoms. The maximum Gasteiger partial charge on any atom is 0.231 e. The van der Waals surface area contributed by atoms with E-state index in [1.165, 1.54) is 5.56 Å². The topological polar surface area (TPSA) is 64.7 Å². The van der Waals surface area contributed by atoms with E-state index in [4.69, 9.17) is 15.2 Å². The van der Waals surface area contributed by atoms with E-state index < -0.39 is 5.54 Å². The van der Waals surface area contributed by atoms with Crippen LogP contribution in [0.5, 0.6) is 11.5 Å². The predicted molar refractivity (Wildman–Crippen MR) is 105 cm³/mol. The van der Waals surface area contributed by atoms with Crippen LogP contribution in [0.25, 0.3) is 0 Å². The van der Waals surface area contributed by atoms with Gasteiger partial charge in [-0.05, 0) is 35.2 Å². The summed E-state index contributed by atoms with van der Waals surface area (Å²) in [5.41, 5.74) is 9.03. The fourth-order valence-electron chi connectivity index (χ4n) is 3.73. The molecule has 1 aliphatic heterocycles. The van der Waals surface area contributed by atoms with Crippen LogP contribution in [0.1, 0.15) is 22.6 Å². The van der Waals surface area contributed by atoms with Gasteiger partial charge in [-0.1, -0.05) is 66.7 Å². The number of nitrogens with two attached hydrogens (primary N) is 1. The summed E-state index contributed by atoms with van der Waals surface area (Å²) in [4.78, 5) is 0. The van der Waals surface area contributed by atoms with Crippen LogP contribution in [0.3, 0.4) is 0 Å². The molecule has 3 aromatic carbocycles. The lowest BCUT2D eigenvalue weighted by Crippen LogP contribution is -2.47. The Morgan fingerprint density at radius 1 is 0.889 bits per heavy atom. The lowest BCUT2D eigenvalue weighted by molar-refractivity contribution is 0.168. The van der Waals surface area contributed by atoms with E-state index in [0.717, 1.165) is 22.6 Å². The van der Waals surface area contributed by atoms with Gasteiger partial charge in [0.25, 0.3) is 0 Å². The number of ether oxygens (including phenoxy) is 2. The second kappa shape index (κ2) is 7.43. The van der Waals surface area contributed by atoms with Gasteiger partial charge in [0.15, 0.2) is 11.5 Å². The van der Waals surface area contributed by atoms with Crippen LogP contribution in [-0.4, -0.2) is 18.5 Å². The zero-order valence-corrected chi connectivity index (χ0v) is 15.0. The highest BCUT2D eigenvalue weighted by molar-refractivity contribution is 5.47. The summed E-state index contributed by atoms with van der Waals surface area (Å²) in [7, 11) is 0. The third kappa shape index (κ3) is 3.42. The van der Waals surface area contributed by atoms with Crippen molar-refractivity contribution in [2.45, 2.75) is 17.9 Å². The summed E-state index contributed by atoms with van der Waals surface area (Å²) in [6, 6.07) is 25.9. The van der Waals surface area contributed by atoms with Crippen LogP contribution in [-0.2, 0) is 12.0 Å². The van der Waals surface area contributed by atoms with Crippen molar-refractivity contribution in [3.63, 3.8) is 0 Å². The molecular weight excluding hydrogens is 338 g/mol. The molecule has 0 radical (unpaired) electrons. The summed E-state index contributed by atoms with van der Waals surface area (Å²) in [5.74, 6) is 1.32. The molecule has 0 saturated carbocycles. The smallest absolute Gasteiger partial charge is 0.231 e.